The van der Waals surface area contributed by atoms with Crippen molar-refractivity contribution in [3.63, 3.8) is 0 Å². The lowest BCUT2D eigenvalue weighted by molar-refractivity contribution is -0.111. The number of rotatable bonds is 3. The highest BCUT2D eigenvalue weighted by molar-refractivity contribution is 9.10. The SMILES string of the molecule is CCC(O)(CN)C(F)(F)Br. The average molecular weight is 218 g/mol. The van der Waals surface area contributed by atoms with Gasteiger partial charge in [0.25, 0.3) is 0 Å². The fraction of sp³-hybridized carbons (Fsp3) is 1.00. The molecule has 1 unspecified atom stereocenters. The second kappa shape index (κ2) is 3.11. The summed E-state index contributed by atoms with van der Waals surface area (Å²) in [5.41, 5.74) is 2.83. The van der Waals surface area contributed by atoms with Crippen molar-refractivity contribution in [2.45, 2.75) is 23.8 Å². The molecule has 0 heterocycles. The van der Waals surface area contributed by atoms with E-state index in [9.17, 15) is 8.78 Å². The molecule has 5 heteroatoms. The maximum absolute atomic E-state index is 12.4. The summed E-state index contributed by atoms with van der Waals surface area (Å²) < 4.78 is 24.7. The molecular formula is C5H10BrF2NO. The Kier molecular flexibility index (Phi) is 3.19. The molecule has 0 saturated carbocycles. The molecule has 0 fully saturated rings. The largest absolute Gasteiger partial charge is 0.381 e. The Bertz CT molecular complexity index is 111. The van der Waals surface area contributed by atoms with Crippen LogP contribution in [0.1, 0.15) is 13.3 Å². The number of halogens is 3. The quantitative estimate of drug-likeness (QED) is 0.696. The summed E-state index contributed by atoms with van der Waals surface area (Å²) in [6, 6.07) is 0. The van der Waals surface area contributed by atoms with E-state index < -0.39 is 17.0 Å². The van der Waals surface area contributed by atoms with Gasteiger partial charge in [-0.15, -0.1) is 0 Å². The van der Waals surface area contributed by atoms with Crippen molar-refractivity contribution in [3.05, 3.63) is 0 Å². The van der Waals surface area contributed by atoms with Gasteiger partial charge in [0.2, 0.25) is 0 Å². The molecule has 0 aromatic rings. The third-order valence-corrected chi connectivity index (χ3v) is 2.19. The molecule has 2 nitrogen and oxygen atoms in total. The van der Waals surface area contributed by atoms with Crippen LogP contribution in [0.2, 0.25) is 0 Å². The monoisotopic (exact) mass is 217 g/mol. The molecule has 0 aromatic carbocycles. The number of hydrogen-bond acceptors (Lipinski definition) is 2. The van der Waals surface area contributed by atoms with Crippen molar-refractivity contribution >= 4 is 15.9 Å². The maximum atomic E-state index is 12.4. The van der Waals surface area contributed by atoms with E-state index in [1.807, 2.05) is 0 Å². The molecular weight excluding hydrogens is 208 g/mol. The first-order valence-corrected chi connectivity index (χ1v) is 3.66. The molecule has 1 atom stereocenters. The molecule has 10 heavy (non-hydrogen) atoms. The van der Waals surface area contributed by atoms with Crippen molar-refractivity contribution in [3.8, 4) is 0 Å². The third-order valence-electron chi connectivity index (χ3n) is 1.45. The second-order valence-corrected chi connectivity index (χ2v) is 3.08. The Balaban J connectivity index is 4.33. The first-order chi connectivity index (χ1) is 4.37. The van der Waals surface area contributed by atoms with Gasteiger partial charge in [-0.25, -0.2) is 0 Å². The molecule has 0 amide bonds. The van der Waals surface area contributed by atoms with Crippen LogP contribution in [0.4, 0.5) is 8.78 Å². The van der Waals surface area contributed by atoms with Crippen LogP contribution in [-0.4, -0.2) is 22.1 Å². The highest BCUT2D eigenvalue weighted by atomic mass is 79.9. The summed E-state index contributed by atoms with van der Waals surface area (Å²) in [4.78, 5) is -3.30. The van der Waals surface area contributed by atoms with Gasteiger partial charge in [-0.2, -0.15) is 8.78 Å². The van der Waals surface area contributed by atoms with Gasteiger partial charge in [0.05, 0.1) is 0 Å². The molecule has 3 N–H and O–H groups in total. The molecule has 62 valence electrons. The van der Waals surface area contributed by atoms with E-state index in [2.05, 4.69) is 15.9 Å². The highest BCUT2D eigenvalue weighted by Gasteiger charge is 2.48. The van der Waals surface area contributed by atoms with E-state index >= 15 is 0 Å². The van der Waals surface area contributed by atoms with Crippen LogP contribution in [0.25, 0.3) is 0 Å². The fourth-order valence-electron chi connectivity index (χ4n) is 0.461. The first-order valence-electron chi connectivity index (χ1n) is 2.86. The predicted octanol–water partition coefficient (Wildman–Crippen LogP) is 1.07. The molecule has 0 saturated heterocycles. The lowest BCUT2D eigenvalue weighted by Gasteiger charge is -2.29. The van der Waals surface area contributed by atoms with Gasteiger partial charge < -0.3 is 10.8 Å². The Morgan fingerprint density at radius 3 is 2.00 bits per heavy atom. The number of alkyl halides is 3. The second-order valence-electron chi connectivity index (χ2n) is 2.09. The predicted molar refractivity (Wildman–Crippen MR) is 38.2 cm³/mol. The Labute approximate surface area is 66.5 Å². The van der Waals surface area contributed by atoms with Crippen molar-refractivity contribution in [1.29, 1.82) is 0 Å². The Morgan fingerprint density at radius 2 is 2.00 bits per heavy atom. The summed E-state index contributed by atoms with van der Waals surface area (Å²) in [5, 5.41) is 9.04. The number of nitrogens with two attached hydrogens (primary N) is 1. The van der Waals surface area contributed by atoms with Gasteiger partial charge in [0.15, 0.2) is 5.60 Å². The van der Waals surface area contributed by atoms with E-state index in [1.165, 1.54) is 6.92 Å². The van der Waals surface area contributed by atoms with Crippen LogP contribution in [-0.2, 0) is 0 Å². The smallest absolute Gasteiger partial charge is 0.330 e. The fourth-order valence-corrected chi connectivity index (χ4v) is 0.903. The van der Waals surface area contributed by atoms with Gasteiger partial charge in [-0.05, 0) is 22.4 Å². The normalized spacial score (nSPS) is 18.6. The molecule has 0 bridgehead atoms. The first kappa shape index (κ1) is 10.3. The summed E-state index contributed by atoms with van der Waals surface area (Å²) in [5.74, 6) is 0. The molecule has 0 aliphatic rings. The van der Waals surface area contributed by atoms with Gasteiger partial charge in [0.1, 0.15) is 0 Å². The van der Waals surface area contributed by atoms with Gasteiger partial charge >= 0.3 is 4.83 Å². The summed E-state index contributed by atoms with van der Waals surface area (Å²) in [6.07, 6.45) is -0.0816. The van der Waals surface area contributed by atoms with E-state index in [0.29, 0.717) is 0 Å². The van der Waals surface area contributed by atoms with Crippen molar-refractivity contribution < 1.29 is 13.9 Å². The average Bonchev–Trinajstić information content (AvgIpc) is 1.84. The maximum Gasteiger partial charge on any atom is 0.330 e. The standard InChI is InChI=1S/C5H10BrF2NO/c1-2-4(10,3-9)5(6,7)8/h10H,2-3,9H2,1H3. The molecule has 0 rings (SSSR count). The Hall–Kier alpha value is 0.260. The lowest BCUT2D eigenvalue weighted by atomic mass is 10.0. The van der Waals surface area contributed by atoms with Crippen LogP contribution in [0.15, 0.2) is 0 Å². The summed E-state index contributed by atoms with van der Waals surface area (Å²) in [6.45, 7) is 0.990. The van der Waals surface area contributed by atoms with Gasteiger partial charge in [0, 0.05) is 6.54 Å². The van der Waals surface area contributed by atoms with E-state index in [-0.39, 0.29) is 6.42 Å². The van der Waals surface area contributed by atoms with E-state index in [1.54, 1.807) is 0 Å². The van der Waals surface area contributed by atoms with Crippen LogP contribution in [0.5, 0.6) is 0 Å². The summed E-state index contributed by atoms with van der Waals surface area (Å²) in [7, 11) is 0. The Morgan fingerprint density at radius 1 is 1.60 bits per heavy atom. The molecule has 0 aliphatic carbocycles. The number of hydrogen-bond donors (Lipinski definition) is 2. The topological polar surface area (TPSA) is 46.2 Å². The van der Waals surface area contributed by atoms with Crippen LogP contribution in [0, 0.1) is 0 Å². The molecule has 0 aromatic heterocycles. The lowest BCUT2D eigenvalue weighted by Crippen LogP contribution is -2.49. The van der Waals surface area contributed by atoms with Crippen molar-refractivity contribution in [2.75, 3.05) is 6.54 Å². The van der Waals surface area contributed by atoms with Crippen molar-refractivity contribution in [2.24, 2.45) is 5.73 Å². The highest BCUT2D eigenvalue weighted by Crippen LogP contribution is 2.36. The molecule has 0 aliphatic heterocycles. The molecule has 0 spiro atoms. The minimum Gasteiger partial charge on any atom is -0.381 e. The van der Waals surface area contributed by atoms with Crippen LogP contribution >= 0.6 is 15.9 Å². The van der Waals surface area contributed by atoms with E-state index in [4.69, 9.17) is 10.8 Å². The van der Waals surface area contributed by atoms with Gasteiger partial charge in [-0.1, -0.05) is 6.92 Å². The van der Waals surface area contributed by atoms with Crippen LogP contribution < -0.4 is 5.73 Å². The zero-order valence-corrected chi connectivity index (χ0v) is 7.16. The zero-order valence-electron chi connectivity index (χ0n) is 5.57. The van der Waals surface area contributed by atoms with Crippen LogP contribution in [0.3, 0.4) is 0 Å². The minimum absolute atomic E-state index is 0.0816. The zero-order chi connectivity index (χ0) is 8.41. The third kappa shape index (κ3) is 1.87. The van der Waals surface area contributed by atoms with E-state index in [0.717, 1.165) is 0 Å². The molecule has 0 radical (unpaired) electrons. The number of aliphatic hydroxyl groups is 1. The minimum atomic E-state index is -3.30. The summed E-state index contributed by atoms with van der Waals surface area (Å²) >= 11 is 2.06. The van der Waals surface area contributed by atoms with Gasteiger partial charge in [-0.3, -0.25) is 0 Å². The van der Waals surface area contributed by atoms with Crippen molar-refractivity contribution in [1.82, 2.24) is 0 Å².